The number of carbonyl (C=O) groups excluding carboxylic acids is 1. The van der Waals surface area contributed by atoms with Crippen LogP contribution in [-0.4, -0.2) is 44.2 Å². The summed E-state index contributed by atoms with van der Waals surface area (Å²) in [6, 6.07) is -0.140. The second-order valence-electron chi connectivity index (χ2n) is 5.14. The summed E-state index contributed by atoms with van der Waals surface area (Å²) < 4.78 is 15.3. The number of nitrogens with zero attached hydrogens (tertiary/aromatic N) is 5. The zero-order valence-corrected chi connectivity index (χ0v) is 12.5. The summed E-state index contributed by atoms with van der Waals surface area (Å²) in [6.07, 6.45) is 1.74. The number of aromatic nitrogens is 4. The zero-order chi connectivity index (χ0) is 15.5. The predicted octanol–water partition coefficient (Wildman–Crippen LogP) is 0.950. The second-order valence-corrected chi connectivity index (χ2v) is 5.14. The van der Waals surface area contributed by atoms with E-state index < -0.39 is 0 Å². The van der Waals surface area contributed by atoms with Gasteiger partial charge in [0.05, 0.1) is 6.04 Å². The fraction of sp³-hybridized carbons (Fsp3) is 0.615. The molecule has 1 aliphatic rings. The number of aryl methyl sites for hydroxylation is 2. The Kier molecular flexibility index (Phi) is 4.14. The van der Waals surface area contributed by atoms with Crippen molar-refractivity contribution in [2.24, 2.45) is 0 Å². The molecule has 3 rings (SSSR count). The molecule has 22 heavy (non-hydrogen) atoms. The van der Waals surface area contributed by atoms with Gasteiger partial charge in [0, 0.05) is 13.5 Å². The Morgan fingerprint density at radius 1 is 1.32 bits per heavy atom. The Morgan fingerprint density at radius 2 is 2.18 bits per heavy atom. The first kappa shape index (κ1) is 14.6. The van der Waals surface area contributed by atoms with E-state index in [1.54, 1.807) is 18.7 Å². The van der Waals surface area contributed by atoms with Gasteiger partial charge in [-0.05, 0) is 19.8 Å². The zero-order valence-electron chi connectivity index (χ0n) is 12.5. The van der Waals surface area contributed by atoms with Crippen LogP contribution in [0.4, 0.5) is 0 Å². The highest BCUT2D eigenvalue weighted by Crippen LogP contribution is 2.30. The lowest BCUT2D eigenvalue weighted by Gasteiger charge is -2.21. The molecule has 1 amide bonds. The highest BCUT2D eigenvalue weighted by molar-refractivity contribution is 5.78. The SMILES string of the molecule is Cc1noc(COCC(=O)N2CCC[C@@H]2c2noc(C)n2)n1. The molecular formula is C13H17N5O4. The third-order valence-electron chi connectivity index (χ3n) is 3.44. The molecule has 2 aromatic rings. The molecule has 0 aromatic carbocycles. The molecule has 1 fully saturated rings. The van der Waals surface area contributed by atoms with Gasteiger partial charge >= 0.3 is 0 Å². The minimum absolute atomic E-state index is 0.0469. The topological polar surface area (TPSA) is 107 Å². The van der Waals surface area contributed by atoms with Crippen molar-refractivity contribution < 1.29 is 18.6 Å². The molecule has 1 atom stereocenters. The van der Waals surface area contributed by atoms with Gasteiger partial charge in [0.2, 0.25) is 11.8 Å². The fourth-order valence-electron chi connectivity index (χ4n) is 2.49. The van der Waals surface area contributed by atoms with Crippen LogP contribution in [0.25, 0.3) is 0 Å². The molecule has 0 spiro atoms. The molecule has 0 N–H and O–H groups in total. The first-order valence-corrected chi connectivity index (χ1v) is 7.10. The number of carbonyl (C=O) groups is 1. The Hall–Kier alpha value is -2.29. The molecule has 1 saturated heterocycles. The van der Waals surface area contributed by atoms with E-state index in [2.05, 4.69) is 20.3 Å². The average Bonchev–Trinajstić information content (AvgIpc) is 3.19. The number of hydrogen-bond acceptors (Lipinski definition) is 8. The average molecular weight is 307 g/mol. The van der Waals surface area contributed by atoms with E-state index in [0.29, 0.717) is 30.0 Å². The van der Waals surface area contributed by atoms with Crippen LogP contribution in [-0.2, 0) is 16.1 Å². The standard InChI is InChI=1S/C13H17N5O4/c1-8-14-11(22-16-8)6-20-7-12(19)18-5-3-4-10(18)13-15-9(2)21-17-13/h10H,3-7H2,1-2H3/t10-/m1/s1. The van der Waals surface area contributed by atoms with Gasteiger partial charge in [0.25, 0.3) is 5.89 Å². The quantitative estimate of drug-likeness (QED) is 0.803. The third kappa shape index (κ3) is 3.14. The summed E-state index contributed by atoms with van der Waals surface area (Å²) in [5.74, 6) is 1.84. The molecule has 0 bridgehead atoms. The molecule has 3 heterocycles. The van der Waals surface area contributed by atoms with Crippen molar-refractivity contribution in [2.75, 3.05) is 13.2 Å². The van der Waals surface area contributed by atoms with Gasteiger partial charge in [0.1, 0.15) is 13.2 Å². The summed E-state index contributed by atoms with van der Waals surface area (Å²) in [4.78, 5) is 22.2. The van der Waals surface area contributed by atoms with Crippen LogP contribution in [0.15, 0.2) is 9.05 Å². The number of rotatable bonds is 5. The number of amides is 1. The van der Waals surface area contributed by atoms with Crippen molar-refractivity contribution in [3.05, 3.63) is 23.4 Å². The predicted molar refractivity (Wildman–Crippen MR) is 71.4 cm³/mol. The molecule has 9 nitrogen and oxygen atoms in total. The van der Waals surface area contributed by atoms with E-state index in [0.717, 1.165) is 12.8 Å². The largest absolute Gasteiger partial charge is 0.362 e. The number of likely N-dealkylation sites (tertiary alicyclic amines) is 1. The highest BCUT2D eigenvalue weighted by atomic mass is 16.5. The first-order chi connectivity index (χ1) is 10.6. The van der Waals surface area contributed by atoms with E-state index in [-0.39, 0.29) is 25.2 Å². The number of hydrogen-bond donors (Lipinski definition) is 0. The summed E-state index contributed by atoms with van der Waals surface area (Å²) in [6.45, 7) is 4.19. The normalized spacial score (nSPS) is 18.1. The van der Waals surface area contributed by atoms with Gasteiger partial charge in [-0.15, -0.1) is 0 Å². The second kappa shape index (κ2) is 6.22. The van der Waals surface area contributed by atoms with Crippen molar-refractivity contribution in [1.82, 2.24) is 25.2 Å². The van der Waals surface area contributed by atoms with Crippen LogP contribution in [0.1, 0.15) is 42.3 Å². The van der Waals surface area contributed by atoms with Gasteiger partial charge in [-0.25, -0.2) is 0 Å². The van der Waals surface area contributed by atoms with Crippen molar-refractivity contribution >= 4 is 5.91 Å². The van der Waals surface area contributed by atoms with E-state index in [1.165, 1.54) is 0 Å². The van der Waals surface area contributed by atoms with E-state index >= 15 is 0 Å². The van der Waals surface area contributed by atoms with Gasteiger partial charge in [-0.2, -0.15) is 9.97 Å². The third-order valence-corrected chi connectivity index (χ3v) is 3.44. The highest BCUT2D eigenvalue weighted by Gasteiger charge is 2.33. The monoisotopic (exact) mass is 307 g/mol. The Labute approximate surface area is 126 Å². The Balaban J connectivity index is 1.54. The molecule has 1 aliphatic heterocycles. The van der Waals surface area contributed by atoms with Crippen LogP contribution < -0.4 is 0 Å². The first-order valence-electron chi connectivity index (χ1n) is 7.10. The lowest BCUT2D eigenvalue weighted by atomic mass is 10.2. The van der Waals surface area contributed by atoms with E-state index in [9.17, 15) is 4.79 Å². The summed E-state index contributed by atoms with van der Waals surface area (Å²) in [5, 5.41) is 7.56. The molecule has 0 aliphatic carbocycles. The summed E-state index contributed by atoms with van der Waals surface area (Å²) in [7, 11) is 0. The lowest BCUT2D eigenvalue weighted by Crippen LogP contribution is -2.34. The Bertz CT molecular complexity index is 652. The van der Waals surface area contributed by atoms with Gasteiger partial charge in [-0.1, -0.05) is 10.3 Å². The Morgan fingerprint density at radius 3 is 2.86 bits per heavy atom. The minimum Gasteiger partial charge on any atom is -0.362 e. The van der Waals surface area contributed by atoms with Crippen molar-refractivity contribution in [2.45, 2.75) is 39.3 Å². The number of ether oxygens (including phenoxy) is 1. The summed E-state index contributed by atoms with van der Waals surface area (Å²) >= 11 is 0. The maximum atomic E-state index is 12.3. The van der Waals surface area contributed by atoms with Gasteiger partial charge in [-0.3, -0.25) is 4.79 Å². The van der Waals surface area contributed by atoms with E-state index in [4.69, 9.17) is 13.8 Å². The van der Waals surface area contributed by atoms with E-state index in [1.807, 2.05) is 0 Å². The molecule has 0 saturated carbocycles. The molecular weight excluding hydrogens is 290 g/mol. The van der Waals surface area contributed by atoms with Crippen molar-refractivity contribution in [3.8, 4) is 0 Å². The molecule has 0 unspecified atom stereocenters. The van der Waals surface area contributed by atoms with Gasteiger partial charge < -0.3 is 18.7 Å². The van der Waals surface area contributed by atoms with Crippen LogP contribution in [0.5, 0.6) is 0 Å². The molecule has 9 heteroatoms. The van der Waals surface area contributed by atoms with Crippen LogP contribution in [0.3, 0.4) is 0 Å². The maximum absolute atomic E-state index is 12.3. The van der Waals surface area contributed by atoms with Gasteiger partial charge in [0.15, 0.2) is 11.6 Å². The van der Waals surface area contributed by atoms with Crippen LogP contribution in [0, 0.1) is 13.8 Å². The van der Waals surface area contributed by atoms with Crippen molar-refractivity contribution in [1.29, 1.82) is 0 Å². The molecule has 2 aromatic heterocycles. The fourth-order valence-corrected chi connectivity index (χ4v) is 2.49. The van der Waals surface area contributed by atoms with Crippen LogP contribution in [0.2, 0.25) is 0 Å². The molecule has 0 radical (unpaired) electrons. The smallest absolute Gasteiger partial charge is 0.252 e. The minimum atomic E-state index is -0.140. The maximum Gasteiger partial charge on any atom is 0.252 e. The van der Waals surface area contributed by atoms with Crippen LogP contribution >= 0.6 is 0 Å². The lowest BCUT2D eigenvalue weighted by molar-refractivity contribution is -0.137. The van der Waals surface area contributed by atoms with Crippen molar-refractivity contribution in [3.63, 3.8) is 0 Å². The molecule has 118 valence electrons. The summed E-state index contributed by atoms with van der Waals surface area (Å²) in [5.41, 5.74) is 0.